The summed E-state index contributed by atoms with van der Waals surface area (Å²) in [5.41, 5.74) is 12.4. The summed E-state index contributed by atoms with van der Waals surface area (Å²) in [5.74, 6) is -8.14. The minimum absolute atomic E-state index is 0.00574. The second kappa shape index (κ2) is 41.4. The van der Waals surface area contributed by atoms with Crippen LogP contribution in [-0.4, -0.2) is 123 Å². The Bertz CT molecular complexity index is 7720. The first kappa shape index (κ1) is 99.8. The number of ether oxygens (including phenoxy) is 6. The van der Waals surface area contributed by atoms with Crippen molar-refractivity contribution in [1.29, 1.82) is 0 Å². The summed E-state index contributed by atoms with van der Waals surface area (Å²) in [5, 5.41) is 32.0. The Morgan fingerprint density at radius 1 is 0.371 bits per heavy atom. The molecule has 143 heavy (non-hydrogen) atoms. The molecular formula is C106H97Cl3F8N16O10. The average molecular weight is 2010 g/mol. The number of methoxy groups -OCH3 is 2. The molecule has 4 N–H and O–H groups in total. The van der Waals surface area contributed by atoms with Gasteiger partial charge in [-0.3, -0.25) is 19.2 Å². The maximum atomic E-state index is 15.2. The average Bonchev–Trinajstić information content (AvgIpc) is 1.62. The van der Waals surface area contributed by atoms with E-state index in [2.05, 4.69) is 56.5 Å². The van der Waals surface area contributed by atoms with Crippen molar-refractivity contribution in [3.63, 3.8) is 0 Å². The van der Waals surface area contributed by atoms with Gasteiger partial charge in [-0.05, 0) is 105 Å². The summed E-state index contributed by atoms with van der Waals surface area (Å²) in [6, 6.07) is 37.4. The number of aryl methyl sites for hydroxylation is 4. The quantitative estimate of drug-likeness (QED) is 0.0458. The molecule has 16 aromatic rings. The molecule has 4 aliphatic heterocycles. The third-order valence-corrected chi connectivity index (χ3v) is 26.3. The molecule has 0 radical (unpaired) electrons. The van der Waals surface area contributed by atoms with Gasteiger partial charge in [-0.2, -0.15) is 24.8 Å². The number of halogens is 11. The zero-order valence-corrected chi connectivity index (χ0v) is 82.2. The molecule has 0 bridgehead atoms. The minimum atomic E-state index is -1.19. The van der Waals surface area contributed by atoms with Gasteiger partial charge in [0.05, 0.1) is 170 Å². The molecule has 4 amide bonds. The molecule has 26 nitrogen and oxygen atoms in total. The Balaban J connectivity index is 0.000000131. The van der Waals surface area contributed by atoms with E-state index in [9.17, 15) is 49.9 Å². The van der Waals surface area contributed by atoms with Crippen molar-refractivity contribution >= 4 is 81.0 Å². The van der Waals surface area contributed by atoms with Gasteiger partial charge in [-0.25, -0.2) is 68.7 Å². The molecule has 0 aliphatic carbocycles. The van der Waals surface area contributed by atoms with Gasteiger partial charge >= 0.3 is 0 Å². The summed E-state index contributed by atoms with van der Waals surface area (Å²) in [7, 11) is 2.38. The number of fused-ring (bicyclic) bond motifs is 8. The number of aromatic nitrogens is 12. The van der Waals surface area contributed by atoms with Crippen molar-refractivity contribution in [2.75, 3.05) is 40.6 Å². The van der Waals surface area contributed by atoms with E-state index in [1.165, 1.54) is 40.8 Å². The first-order valence-electron chi connectivity index (χ1n) is 46.2. The van der Waals surface area contributed by atoms with Crippen LogP contribution < -0.4 is 49.7 Å². The molecule has 12 heterocycles. The van der Waals surface area contributed by atoms with Gasteiger partial charge < -0.3 is 49.7 Å². The van der Waals surface area contributed by atoms with Gasteiger partial charge in [0.1, 0.15) is 46.3 Å². The summed E-state index contributed by atoms with van der Waals surface area (Å²) in [6.45, 7) is 24.3. The van der Waals surface area contributed by atoms with Gasteiger partial charge in [0.25, 0.3) is 23.6 Å². The number of hydrogen-bond acceptors (Lipinski definition) is 18. The smallest absolute Gasteiger partial charge is 0.255 e. The zero-order valence-electron chi connectivity index (χ0n) is 80.0. The van der Waals surface area contributed by atoms with Crippen molar-refractivity contribution in [3.8, 4) is 79.0 Å². The largest absolute Gasteiger partial charge is 0.494 e. The molecule has 20 rings (SSSR count). The number of carbonyl (C=O) groups excluding carboxylic acids is 4. The van der Waals surface area contributed by atoms with Crippen LogP contribution in [0.25, 0.3) is 67.1 Å². The molecule has 0 saturated carbocycles. The second-order valence-electron chi connectivity index (χ2n) is 36.0. The number of nitrogens with zero attached hydrogens (tertiary/aromatic N) is 12. The molecule has 0 spiro atoms. The predicted molar refractivity (Wildman–Crippen MR) is 524 cm³/mol. The van der Waals surface area contributed by atoms with Gasteiger partial charge in [-0.1, -0.05) is 163 Å². The van der Waals surface area contributed by atoms with Crippen LogP contribution in [0.3, 0.4) is 0 Å². The van der Waals surface area contributed by atoms with Crippen LogP contribution in [0.4, 0.5) is 35.1 Å². The van der Waals surface area contributed by atoms with Crippen LogP contribution in [-0.2, 0) is 0 Å². The number of nitrogens with one attached hydrogen (secondary N) is 4. The molecule has 4 atom stereocenters. The third-order valence-electron chi connectivity index (χ3n) is 25.3. The highest BCUT2D eigenvalue weighted by molar-refractivity contribution is 6.45. The topological polar surface area (TPSA) is 293 Å². The lowest BCUT2D eigenvalue weighted by molar-refractivity contribution is 0.0913. The van der Waals surface area contributed by atoms with Crippen LogP contribution in [0, 0.1) is 74.2 Å². The maximum Gasteiger partial charge on any atom is 0.255 e. The fourth-order valence-electron chi connectivity index (χ4n) is 18.9. The van der Waals surface area contributed by atoms with E-state index < -0.39 is 63.4 Å². The molecule has 37 heteroatoms. The monoisotopic (exact) mass is 2010 g/mol. The molecule has 0 unspecified atom stereocenters. The Morgan fingerprint density at radius 3 is 1.04 bits per heavy atom. The molecule has 0 saturated heterocycles. The predicted octanol–water partition coefficient (Wildman–Crippen LogP) is 23.4. The van der Waals surface area contributed by atoms with E-state index >= 15 is 4.39 Å². The standard InChI is InChI=1S/C27H25F3N4O3.C27H26F2N4O3.C26H23Cl3N4O2.C26H23F3N4O2/c1-13(2)24-16(27(35)32-19-9-10-37-20-8-6-5-7-15(19)20)12-31-26-21(14(3)33-34(24)26)22-17(28)11-18(29)25(36-4)23(22)30;1-14(2)25-18(27(34)31-20-9-10-36-21-8-6-5-7-17(20)21)13-30-26-23(15(3)32-33(25)26)16-11-19(28)24(29)22(12-16)35-4;1-13(2)24-18(26(34)31-20-8-9-35-21-7-5-4-6-16(20)21)12-30-25-22(14(3)32-33(24)25)17-10-15(27)11-19(28)23(17)29;1-13(2)24-17(26(34)31-20-8-9-35-21-7-5-4-6-16(20)21)12-30-25-22(14(3)32-33(24)25)23-18(28)10-15(27)11-19(23)29/h5-8,11-13,19H,9-10H2,1-4H3,(H,32,35);5-8,11-14,20H,9-10H2,1-4H3,(H,31,34);2*4-7,10-13,20H,8-9H2,1-3H3,(H,31,34)/t19-;3*20-/m0000/s1. The third kappa shape index (κ3) is 19.3. The SMILES string of the molecule is COc1c(F)cc(F)c(-c2c(C)nn3c(C(C)C)c(C(=O)N[C@H]4CCOc5ccccc54)cnc23)c1F.COc1cc(-c2c(C)nn3c(C(C)C)c(C(=O)N[C@H]4CCOc5ccccc54)cnc23)cc(F)c1F.Cc1nn2c(C(C)C)c(C(=O)N[C@H]3CCOc4ccccc43)cnc2c1-c1c(F)cc(F)cc1F.Cc1nn2c(C(C)C)c(C(=O)N[C@H]3CCOc4ccccc43)cnc2c1-c1cc(Cl)cc(Cl)c1Cl. The Kier molecular flexibility index (Phi) is 28.9. The lowest BCUT2D eigenvalue weighted by Crippen LogP contribution is -2.33. The molecular weight excluding hydrogens is 1920 g/mol. The number of rotatable bonds is 18. The summed E-state index contributed by atoms with van der Waals surface area (Å²) < 4.78 is 154. The summed E-state index contributed by atoms with van der Waals surface area (Å²) in [6.07, 6.45) is 8.46. The van der Waals surface area contributed by atoms with Gasteiger partial charge in [0.15, 0.2) is 51.5 Å². The van der Waals surface area contributed by atoms with E-state index in [0.717, 1.165) is 69.7 Å². The molecule has 0 fully saturated rings. The first-order chi connectivity index (χ1) is 68.5. The van der Waals surface area contributed by atoms with Crippen LogP contribution in [0.2, 0.25) is 15.1 Å². The number of benzene rings is 8. The molecule has 738 valence electrons. The number of carbonyl (C=O) groups is 4. The zero-order chi connectivity index (χ0) is 102. The molecule has 8 aromatic carbocycles. The van der Waals surface area contributed by atoms with Crippen LogP contribution in [0.5, 0.6) is 34.5 Å². The number of para-hydroxylation sites is 4. The summed E-state index contributed by atoms with van der Waals surface area (Å²) >= 11 is 19.1. The number of amides is 4. The van der Waals surface area contributed by atoms with E-state index in [0.29, 0.717) is 164 Å². The normalized spacial score (nSPS) is 15.1. The van der Waals surface area contributed by atoms with Gasteiger partial charge in [-0.15, -0.1) is 0 Å². The lowest BCUT2D eigenvalue weighted by atomic mass is 9.99. The highest BCUT2D eigenvalue weighted by atomic mass is 35.5. The highest BCUT2D eigenvalue weighted by Gasteiger charge is 2.37. The fraction of sp³-hybridized carbons (Fsp3) is 0.283. The number of hydrogen-bond donors (Lipinski definition) is 4. The van der Waals surface area contributed by atoms with Crippen molar-refractivity contribution in [1.82, 2.24) is 79.7 Å². The highest BCUT2D eigenvalue weighted by Crippen LogP contribution is 2.46. The van der Waals surface area contributed by atoms with E-state index in [4.69, 9.17) is 68.3 Å². The Hall–Kier alpha value is -14.8. The Morgan fingerprint density at radius 2 is 0.692 bits per heavy atom. The maximum absolute atomic E-state index is 15.2. The minimum Gasteiger partial charge on any atom is -0.494 e. The van der Waals surface area contributed by atoms with Crippen LogP contribution in [0.1, 0.15) is 238 Å². The van der Waals surface area contributed by atoms with E-state index in [-0.39, 0.29) is 111 Å². The van der Waals surface area contributed by atoms with Crippen molar-refractivity contribution in [3.05, 3.63) is 316 Å². The van der Waals surface area contributed by atoms with Crippen molar-refractivity contribution in [2.45, 2.75) is 157 Å². The summed E-state index contributed by atoms with van der Waals surface area (Å²) in [4.78, 5) is 71.8. The Labute approximate surface area is 830 Å². The molecule has 4 aliphatic rings. The fourth-order valence-corrected chi connectivity index (χ4v) is 19.6. The van der Waals surface area contributed by atoms with E-state index in [1.807, 2.05) is 159 Å². The van der Waals surface area contributed by atoms with Crippen molar-refractivity contribution < 1.29 is 82.7 Å². The molecule has 8 aromatic heterocycles. The van der Waals surface area contributed by atoms with Crippen LogP contribution >= 0.6 is 34.8 Å². The van der Waals surface area contributed by atoms with Crippen LogP contribution in [0.15, 0.2) is 164 Å². The van der Waals surface area contributed by atoms with Gasteiger partial charge in [0, 0.05) is 107 Å². The van der Waals surface area contributed by atoms with E-state index in [1.54, 1.807) is 48.1 Å². The van der Waals surface area contributed by atoms with Crippen molar-refractivity contribution in [2.24, 2.45) is 0 Å². The van der Waals surface area contributed by atoms with Gasteiger partial charge in [0.2, 0.25) is 5.82 Å². The first-order valence-corrected chi connectivity index (χ1v) is 47.4. The lowest BCUT2D eigenvalue weighted by Gasteiger charge is -2.27. The second-order valence-corrected chi connectivity index (χ2v) is 37.2.